The van der Waals surface area contributed by atoms with Crippen LogP contribution in [0.2, 0.25) is 0 Å². The summed E-state index contributed by atoms with van der Waals surface area (Å²) in [5.41, 5.74) is 0.947. The second kappa shape index (κ2) is 5.88. The number of carbonyl (C=O) groups is 1. The van der Waals surface area contributed by atoms with E-state index in [1.807, 2.05) is 13.8 Å². The number of hydrogen-bond acceptors (Lipinski definition) is 4. The molecule has 0 spiro atoms. The molecule has 5 nitrogen and oxygen atoms in total. The summed E-state index contributed by atoms with van der Waals surface area (Å²) in [7, 11) is 0. The van der Waals surface area contributed by atoms with E-state index in [-0.39, 0.29) is 17.4 Å². The van der Waals surface area contributed by atoms with E-state index in [1.165, 1.54) is 11.3 Å². The number of carbonyl (C=O) groups excluding carboxylic acids is 1. The van der Waals surface area contributed by atoms with Gasteiger partial charge in [-0.1, -0.05) is 11.3 Å². The maximum absolute atomic E-state index is 12.1. The van der Waals surface area contributed by atoms with E-state index in [4.69, 9.17) is 5.11 Å². The Labute approximate surface area is 116 Å². The van der Waals surface area contributed by atoms with Crippen LogP contribution in [0.1, 0.15) is 29.8 Å². The number of thiazole rings is 1. The Kier molecular flexibility index (Phi) is 4.42. The molecule has 0 unspecified atom stereocenters. The first-order chi connectivity index (χ1) is 9.04. The SMILES string of the molecule is Cc1sc(=O)n(CCC(=O)N(CCO)C2CC2)c1C. The van der Waals surface area contributed by atoms with Crippen molar-refractivity contribution in [3.8, 4) is 0 Å². The Bertz CT molecular complexity index is 516. The summed E-state index contributed by atoms with van der Waals surface area (Å²) in [6.45, 7) is 4.66. The van der Waals surface area contributed by atoms with Crippen LogP contribution in [-0.4, -0.2) is 39.7 Å². The molecule has 1 N–H and O–H groups in total. The summed E-state index contributed by atoms with van der Waals surface area (Å²) in [5, 5.41) is 8.99. The Morgan fingerprint density at radius 2 is 2.16 bits per heavy atom. The summed E-state index contributed by atoms with van der Waals surface area (Å²) < 4.78 is 1.67. The number of aliphatic hydroxyl groups is 1. The molecule has 19 heavy (non-hydrogen) atoms. The highest BCUT2D eigenvalue weighted by molar-refractivity contribution is 7.09. The van der Waals surface area contributed by atoms with Crippen molar-refractivity contribution in [1.82, 2.24) is 9.47 Å². The first kappa shape index (κ1) is 14.3. The van der Waals surface area contributed by atoms with E-state index in [9.17, 15) is 9.59 Å². The van der Waals surface area contributed by atoms with E-state index in [1.54, 1.807) is 9.47 Å². The van der Waals surface area contributed by atoms with Gasteiger partial charge >= 0.3 is 4.87 Å². The second-order valence-corrected chi connectivity index (χ2v) is 6.12. The van der Waals surface area contributed by atoms with Crippen LogP contribution in [0.5, 0.6) is 0 Å². The fourth-order valence-electron chi connectivity index (χ4n) is 2.20. The molecule has 6 heteroatoms. The van der Waals surface area contributed by atoms with Gasteiger partial charge in [-0.15, -0.1) is 0 Å². The minimum absolute atomic E-state index is 0.00121. The van der Waals surface area contributed by atoms with Crippen molar-refractivity contribution in [3.05, 3.63) is 20.2 Å². The molecular formula is C13H20N2O3S. The average molecular weight is 284 g/mol. The van der Waals surface area contributed by atoms with Crippen molar-refractivity contribution < 1.29 is 9.90 Å². The van der Waals surface area contributed by atoms with E-state index in [2.05, 4.69) is 0 Å². The summed E-state index contributed by atoms with van der Waals surface area (Å²) >= 11 is 1.23. The van der Waals surface area contributed by atoms with Gasteiger partial charge in [0.15, 0.2) is 0 Å². The minimum atomic E-state index is -0.00121. The van der Waals surface area contributed by atoms with Crippen molar-refractivity contribution in [2.24, 2.45) is 0 Å². The predicted molar refractivity (Wildman–Crippen MR) is 74.5 cm³/mol. The normalized spacial score (nSPS) is 14.7. The van der Waals surface area contributed by atoms with Crippen molar-refractivity contribution in [2.45, 2.75) is 45.7 Å². The molecule has 1 heterocycles. The van der Waals surface area contributed by atoms with E-state index < -0.39 is 0 Å². The highest BCUT2D eigenvalue weighted by Gasteiger charge is 2.31. The van der Waals surface area contributed by atoms with E-state index >= 15 is 0 Å². The monoisotopic (exact) mass is 284 g/mol. The van der Waals surface area contributed by atoms with Gasteiger partial charge in [-0.05, 0) is 26.7 Å². The number of hydrogen-bond donors (Lipinski definition) is 1. The van der Waals surface area contributed by atoms with Crippen molar-refractivity contribution >= 4 is 17.2 Å². The lowest BCUT2D eigenvalue weighted by molar-refractivity contribution is -0.132. The second-order valence-electron chi connectivity index (χ2n) is 4.95. The van der Waals surface area contributed by atoms with Crippen LogP contribution in [-0.2, 0) is 11.3 Å². The quantitative estimate of drug-likeness (QED) is 0.844. The van der Waals surface area contributed by atoms with Gasteiger partial charge in [0.05, 0.1) is 6.61 Å². The van der Waals surface area contributed by atoms with Crippen molar-refractivity contribution in [2.75, 3.05) is 13.2 Å². The molecule has 1 aliphatic rings. The molecule has 1 aromatic heterocycles. The van der Waals surface area contributed by atoms with Crippen LogP contribution in [0, 0.1) is 13.8 Å². The van der Waals surface area contributed by atoms with Gasteiger partial charge in [-0.2, -0.15) is 0 Å². The smallest absolute Gasteiger partial charge is 0.307 e. The van der Waals surface area contributed by atoms with Gasteiger partial charge in [0, 0.05) is 36.1 Å². The summed E-state index contributed by atoms with van der Waals surface area (Å²) in [4.78, 5) is 26.6. The Hall–Kier alpha value is -1.14. The lowest BCUT2D eigenvalue weighted by atomic mass is 10.3. The first-order valence-corrected chi connectivity index (χ1v) is 7.43. The predicted octanol–water partition coefficient (Wildman–Crippen LogP) is 0.900. The zero-order valence-electron chi connectivity index (χ0n) is 11.4. The third-order valence-corrected chi connectivity index (χ3v) is 4.57. The first-order valence-electron chi connectivity index (χ1n) is 6.61. The zero-order valence-corrected chi connectivity index (χ0v) is 12.2. The van der Waals surface area contributed by atoms with Crippen molar-refractivity contribution in [1.29, 1.82) is 0 Å². The molecule has 1 saturated carbocycles. The third kappa shape index (κ3) is 3.25. The van der Waals surface area contributed by atoms with Crippen LogP contribution in [0.4, 0.5) is 0 Å². The summed E-state index contributed by atoms with van der Waals surface area (Å²) in [6, 6.07) is 0.307. The number of aliphatic hydroxyl groups excluding tert-OH is 1. The number of aryl methyl sites for hydroxylation is 1. The third-order valence-electron chi connectivity index (χ3n) is 3.57. The fraction of sp³-hybridized carbons (Fsp3) is 0.692. The number of rotatable bonds is 6. The lowest BCUT2D eigenvalue weighted by Gasteiger charge is -2.21. The topological polar surface area (TPSA) is 62.5 Å². The molecule has 0 atom stereocenters. The molecule has 2 rings (SSSR count). The van der Waals surface area contributed by atoms with Gasteiger partial charge < -0.3 is 14.6 Å². The van der Waals surface area contributed by atoms with Crippen LogP contribution in [0.15, 0.2) is 4.79 Å². The maximum Gasteiger partial charge on any atom is 0.307 e. The minimum Gasteiger partial charge on any atom is -0.395 e. The summed E-state index contributed by atoms with van der Waals surface area (Å²) in [6.07, 6.45) is 2.39. The van der Waals surface area contributed by atoms with Crippen molar-refractivity contribution in [3.63, 3.8) is 0 Å². The summed E-state index contributed by atoms with van der Waals surface area (Å²) in [5.74, 6) is 0.0340. The molecule has 1 aliphatic carbocycles. The van der Waals surface area contributed by atoms with E-state index in [0.29, 0.717) is 25.6 Å². The lowest BCUT2D eigenvalue weighted by Crippen LogP contribution is -2.36. The van der Waals surface area contributed by atoms with Crippen LogP contribution in [0.25, 0.3) is 0 Å². The fourth-order valence-corrected chi connectivity index (χ4v) is 3.06. The number of amides is 1. The average Bonchev–Trinajstić information content (AvgIpc) is 3.15. The van der Waals surface area contributed by atoms with Gasteiger partial charge in [-0.3, -0.25) is 9.59 Å². The van der Waals surface area contributed by atoms with Gasteiger partial charge in [0.1, 0.15) is 0 Å². The van der Waals surface area contributed by atoms with E-state index in [0.717, 1.165) is 23.4 Å². The maximum atomic E-state index is 12.1. The number of nitrogens with zero attached hydrogens (tertiary/aromatic N) is 2. The molecule has 0 radical (unpaired) electrons. The van der Waals surface area contributed by atoms with Gasteiger partial charge in [-0.25, -0.2) is 0 Å². The number of aromatic nitrogens is 1. The van der Waals surface area contributed by atoms with Gasteiger partial charge in [0.2, 0.25) is 5.91 Å². The Morgan fingerprint density at radius 3 is 2.63 bits per heavy atom. The van der Waals surface area contributed by atoms with Gasteiger partial charge in [0.25, 0.3) is 0 Å². The van der Waals surface area contributed by atoms with Crippen LogP contribution in [0.3, 0.4) is 0 Å². The Balaban J connectivity index is 1.97. The zero-order chi connectivity index (χ0) is 14.0. The highest BCUT2D eigenvalue weighted by Crippen LogP contribution is 2.27. The molecular weight excluding hydrogens is 264 g/mol. The standard InChI is InChI=1S/C13H20N2O3S/c1-9-10(2)19-13(18)14(9)6-5-12(17)15(7-8-16)11-3-4-11/h11,16H,3-8H2,1-2H3. The van der Waals surface area contributed by atoms with Crippen LogP contribution < -0.4 is 4.87 Å². The molecule has 1 fully saturated rings. The molecule has 0 aromatic carbocycles. The molecule has 106 valence electrons. The molecule has 0 aliphatic heterocycles. The molecule has 0 bridgehead atoms. The Morgan fingerprint density at radius 1 is 1.47 bits per heavy atom. The molecule has 1 amide bonds. The molecule has 1 aromatic rings. The highest BCUT2D eigenvalue weighted by atomic mass is 32.1. The largest absolute Gasteiger partial charge is 0.395 e. The molecule has 0 saturated heterocycles. The van der Waals surface area contributed by atoms with Crippen LogP contribution >= 0.6 is 11.3 Å².